The van der Waals surface area contributed by atoms with Crippen LogP contribution in [-0.4, -0.2) is 28.3 Å². The minimum absolute atomic E-state index is 0.286. The van der Waals surface area contributed by atoms with Crippen LogP contribution in [0, 0.1) is 5.82 Å². The maximum absolute atomic E-state index is 12.9. The van der Waals surface area contributed by atoms with Gasteiger partial charge in [-0.1, -0.05) is 12.8 Å². The Balaban J connectivity index is 1.64. The Morgan fingerprint density at radius 2 is 1.88 bits per heavy atom. The molecule has 0 radical (unpaired) electrons. The van der Waals surface area contributed by atoms with E-state index in [9.17, 15) is 9.18 Å². The van der Waals surface area contributed by atoms with Gasteiger partial charge in [-0.15, -0.1) is 0 Å². The van der Waals surface area contributed by atoms with Crippen molar-refractivity contribution in [2.24, 2.45) is 0 Å². The first-order valence-electron chi connectivity index (χ1n) is 8.46. The number of ether oxygens (including phenoxy) is 1. The van der Waals surface area contributed by atoms with Gasteiger partial charge in [-0.3, -0.25) is 0 Å². The Kier molecular flexibility index (Phi) is 6.70. The Morgan fingerprint density at radius 3 is 2.56 bits per heavy atom. The number of nitrogens with zero attached hydrogens (tertiary/aromatic N) is 1. The smallest absolute Gasteiger partial charge is 0.335 e. The second-order valence-corrected chi connectivity index (χ2v) is 6.48. The second kappa shape index (κ2) is 8.76. The maximum atomic E-state index is 12.9. The molecule has 136 valence electrons. The molecule has 0 aliphatic carbocycles. The van der Waals surface area contributed by atoms with Crippen molar-refractivity contribution in [1.29, 1.82) is 0 Å². The van der Waals surface area contributed by atoms with Crippen LogP contribution >= 0.6 is 0 Å². The van der Waals surface area contributed by atoms with Gasteiger partial charge in [-0.2, -0.15) is 0 Å². The standard InChI is InChI=1S/C19H24FNO4/c1-19(2,18(22)23)25-12-6-4-3-5-7-16-13-24-17(21-16)14-8-10-15(20)11-9-14/h8-11,13H,3-7,12H2,1-2H3,(H,22,23). The number of halogens is 1. The van der Waals surface area contributed by atoms with E-state index >= 15 is 0 Å². The van der Waals surface area contributed by atoms with Crippen molar-refractivity contribution in [3.8, 4) is 11.5 Å². The average Bonchev–Trinajstić information content (AvgIpc) is 3.03. The number of carboxylic acids is 1. The number of hydrogen-bond donors (Lipinski definition) is 1. The van der Waals surface area contributed by atoms with E-state index in [0.29, 0.717) is 12.5 Å². The number of oxazole rings is 1. The summed E-state index contributed by atoms with van der Waals surface area (Å²) in [5.41, 5.74) is 0.505. The molecule has 0 aliphatic rings. The summed E-state index contributed by atoms with van der Waals surface area (Å²) in [6.45, 7) is 3.55. The number of rotatable bonds is 10. The lowest BCUT2D eigenvalue weighted by Gasteiger charge is -2.19. The lowest BCUT2D eigenvalue weighted by atomic mass is 10.1. The Hall–Kier alpha value is -2.21. The average molecular weight is 349 g/mol. The number of hydrogen-bond acceptors (Lipinski definition) is 4. The van der Waals surface area contributed by atoms with Gasteiger partial charge >= 0.3 is 5.97 Å². The monoisotopic (exact) mass is 349 g/mol. The molecule has 0 atom stereocenters. The van der Waals surface area contributed by atoms with Crippen molar-refractivity contribution >= 4 is 5.97 Å². The molecule has 0 spiro atoms. The molecule has 0 saturated heterocycles. The van der Waals surface area contributed by atoms with Crippen LogP contribution in [0.2, 0.25) is 0 Å². The Morgan fingerprint density at radius 1 is 1.20 bits per heavy atom. The van der Waals surface area contributed by atoms with Crippen LogP contribution in [0.5, 0.6) is 0 Å². The summed E-state index contributed by atoms with van der Waals surface area (Å²) in [6.07, 6.45) is 6.23. The summed E-state index contributed by atoms with van der Waals surface area (Å²) in [4.78, 5) is 15.3. The lowest BCUT2D eigenvalue weighted by Crippen LogP contribution is -2.35. The molecule has 2 rings (SSSR count). The highest BCUT2D eigenvalue weighted by molar-refractivity contribution is 5.76. The molecule has 1 aromatic heterocycles. The van der Waals surface area contributed by atoms with Crippen molar-refractivity contribution in [2.75, 3.05) is 6.61 Å². The fourth-order valence-electron chi connectivity index (χ4n) is 2.30. The fraction of sp³-hybridized carbons (Fsp3) is 0.474. The predicted molar refractivity (Wildman–Crippen MR) is 91.7 cm³/mol. The van der Waals surface area contributed by atoms with Gasteiger partial charge < -0.3 is 14.3 Å². The summed E-state index contributed by atoms with van der Waals surface area (Å²) >= 11 is 0. The number of unbranched alkanes of at least 4 members (excludes halogenated alkanes) is 3. The zero-order valence-corrected chi connectivity index (χ0v) is 14.6. The number of benzene rings is 1. The van der Waals surface area contributed by atoms with Crippen LogP contribution in [0.3, 0.4) is 0 Å². The first-order valence-corrected chi connectivity index (χ1v) is 8.46. The summed E-state index contributed by atoms with van der Waals surface area (Å²) in [5.74, 6) is -0.735. The molecular weight excluding hydrogens is 325 g/mol. The molecule has 0 fully saturated rings. The van der Waals surface area contributed by atoms with Gasteiger partial charge in [0.05, 0.1) is 5.69 Å². The van der Waals surface area contributed by atoms with E-state index in [1.54, 1.807) is 32.2 Å². The summed E-state index contributed by atoms with van der Waals surface area (Å²) in [6, 6.07) is 6.05. The molecule has 1 heterocycles. The number of aromatic nitrogens is 1. The largest absolute Gasteiger partial charge is 0.479 e. The number of aryl methyl sites for hydroxylation is 1. The molecule has 25 heavy (non-hydrogen) atoms. The number of carboxylic acid groups (broad SMARTS) is 1. The number of carbonyl (C=O) groups is 1. The van der Waals surface area contributed by atoms with Crippen molar-refractivity contribution in [3.63, 3.8) is 0 Å². The molecule has 0 unspecified atom stereocenters. The first-order chi connectivity index (χ1) is 11.9. The van der Waals surface area contributed by atoms with Gasteiger partial charge in [-0.05, 0) is 57.4 Å². The van der Waals surface area contributed by atoms with E-state index in [1.165, 1.54) is 12.1 Å². The first kappa shape index (κ1) is 19.1. The highest BCUT2D eigenvalue weighted by Gasteiger charge is 2.27. The normalized spacial score (nSPS) is 11.6. The van der Waals surface area contributed by atoms with Crippen molar-refractivity contribution in [1.82, 2.24) is 4.98 Å². The van der Waals surface area contributed by atoms with Gasteiger partial charge in [0.15, 0.2) is 5.60 Å². The second-order valence-electron chi connectivity index (χ2n) is 6.48. The summed E-state index contributed by atoms with van der Waals surface area (Å²) in [5, 5.41) is 8.95. The Bertz CT molecular complexity index is 679. The lowest BCUT2D eigenvalue weighted by molar-refractivity contribution is -0.161. The molecule has 1 aromatic carbocycles. The third kappa shape index (κ3) is 5.98. The van der Waals surface area contributed by atoms with E-state index in [1.807, 2.05) is 0 Å². The SMILES string of the molecule is CC(C)(OCCCCCCc1coc(-c2ccc(F)cc2)n1)C(=O)O. The summed E-state index contributed by atoms with van der Waals surface area (Å²) < 4.78 is 23.7. The molecule has 0 amide bonds. The highest BCUT2D eigenvalue weighted by Crippen LogP contribution is 2.20. The van der Waals surface area contributed by atoms with E-state index in [2.05, 4.69) is 4.98 Å². The van der Waals surface area contributed by atoms with E-state index < -0.39 is 11.6 Å². The molecule has 5 nitrogen and oxygen atoms in total. The summed E-state index contributed by atoms with van der Waals surface area (Å²) in [7, 11) is 0. The minimum atomic E-state index is -1.13. The van der Waals surface area contributed by atoms with Gasteiger partial charge in [-0.25, -0.2) is 14.2 Å². The van der Waals surface area contributed by atoms with E-state index in [4.69, 9.17) is 14.3 Å². The topological polar surface area (TPSA) is 72.6 Å². The molecule has 0 saturated carbocycles. The Labute approximate surface area is 146 Å². The molecule has 0 aliphatic heterocycles. The third-order valence-electron chi connectivity index (χ3n) is 3.95. The van der Waals surface area contributed by atoms with Gasteiger partial charge in [0, 0.05) is 12.2 Å². The molecule has 6 heteroatoms. The van der Waals surface area contributed by atoms with Crippen molar-refractivity contribution < 1.29 is 23.4 Å². The van der Waals surface area contributed by atoms with E-state index in [0.717, 1.165) is 43.4 Å². The van der Waals surface area contributed by atoms with Crippen LogP contribution in [0.4, 0.5) is 4.39 Å². The molecule has 0 bridgehead atoms. The molecular formula is C19H24FNO4. The highest BCUT2D eigenvalue weighted by atomic mass is 19.1. The van der Waals surface area contributed by atoms with Crippen molar-refractivity contribution in [2.45, 2.75) is 51.6 Å². The van der Waals surface area contributed by atoms with Crippen LogP contribution < -0.4 is 0 Å². The molecule has 1 N–H and O–H groups in total. The minimum Gasteiger partial charge on any atom is -0.479 e. The quantitative estimate of drug-likeness (QED) is 0.641. The van der Waals surface area contributed by atoms with Gasteiger partial charge in [0.2, 0.25) is 5.89 Å². The number of aliphatic carboxylic acids is 1. The fourth-order valence-corrected chi connectivity index (χ4v) is 2.30. The predicted octanol–water partition coefficient (Wildman–Crippen LogP) is 4.46. The van der Waals surface area contributed by atoms with Crippen LogP contribution in [-0.2, 0) is 16.0 Å². The van der Waals surface area contributed by atoms with Crippen LogP contribution in [0.15, 0.2) is 34.9 Å². The van der Waals surface area contributed by atoms with Crippen molar-refractivity contribution in [3.05, 3.63) is 42.0 Å². The van der Waals surface area contributed by atoms with Gasteiger partial charge in [0.1, 0.15) is 12.1 Å². The zero-order valence-electron chi connectivity index (χ0n) is 14.6. The van der Waals surface area contributed by atoms with Gasteiger partial charge in [0.25, 0.3) is 0 Å². The van der Waals surface area contributed by atoms with Crippen LogP contribution in [0.25, 0.3) is 11.5 Å². The maximum Gasteiger partial charge on any atom is 0.335 e. The zero-order chi connectivity index (χ0) is 18.3. The third-order valence-corrected chi connectivity index (χ3v) is 3.95. The van der Waals surface area contributed by atoms with Crippen LogP contribution in [0.1, 0.15) is 45.2 Å². The van der Waals surface area contributed by atoms with E-state index in [-0.39, 0.29) is 5.82 Å². The molecule has 2 aromatic rings.